The van der Waals surface area contributed by atoms with Gasteiger partial charge in [0, 0.05) is 51.5 Å². The Balaban J connectivity index is 1.43. The molecule has 0 radical (unpaired) electrons. The number of hydrogen-bond acceptors (Lipinski definition) is 6. The first-order valence-electron chi connectivity index (χ1n) is 15.9. The van der Waals surface area contributed by atoms with E-state index in [1.165, 1.54) is 62.6 Å². The number of fused-ring (bicyclic) bond motifs is 14. The van der Waals surface area contributed by atoms with Crippen LogP contribution in [0.3, 0.4) is 0 Å². The van der Waals surface area contributed by atoms with Gasteiger partial charge in [-0.25, -0.2) is 0 Å². The highest BCUT2D eigenvalue weighted by Crippen LogP contribution is 2.74. The molecule has 2 nitrogen and oxygen atoms in total. The van der Waals surface area contributed by atoms with Crippen molar-refractivity contribution in [2.45, 2.75) is 10.8 Å². The summed E-state index contributed by atoms with van der Waals surface area (Å²) in [5, 5.41) is 4.36. The molecule has 228 valence electrons. The van der Waals surface area contributed by atoms with Crippen molar-refractivity contribution in [3.05, 3.63) is 178 Å². The maximum atomic E-state index is 6.84. The second kappa shape index (κ2) is 9.91. The van der Waals surface area contributed by atoms with Crippen LogP contribution in [0.15, 0.2) is 144 Å². The lowest BCUT2D eigenvalue weighted by Crippen LogP contribution is -2.56. The van der Waals surface area contributed by atoms with Gasteiger partial charge in [-0.3, -0.25) is 0 Å². The quantitative estimate of drug-likeness (QED) is 0.180. The molecule has 0 N–H and O–H groups in total. The average molecular weight is 689 g/mol. The van der Waals surface area contributed by atoms with Gasteiger partial charge in [-0.2, -0.15) is 0 Å². The van der Waals surface area contributed by atoms with Gasteiger partial charge >= 0.3 is 0 Å². The van der Waals surface area contributed by atoms with E-state index in [4.69, 9.17) is 9.47 Å². The highest BCUT2D eigenvalue weighted by atomic mass is 32.1. The molecule has 2 spiro atoms. The molecule has 2 aliphatic heterocycles. The van der Waals surface area contributed by atoms with Crippen LogP contribution in [0, 0.1) is 0 Å². The predicted octanol–water partition coefficient (Wildman–Crippen LogP) is 12.8. The Kier molecular flexibility index (Phi) is 5.62. The molecule has 0 amide bonds. The SMILES string of the molecule is c1csc(-c2cc3c(s2)-c2sc(-c4cccs4)cc2C2(c4ccccc4Oc4ccccc42)C32c3ccccc3Oc3ccccc32)c1. The Morgan fingerprint density at radius 2 is 0.708 bits per heavy atom. The van der Waals surface area contributed by atoms with E-state index in [1.54, 1.807) is 22.7 Å². The van der Waals surface area contributed by atoms with E-state index >= 15 is 0 Å². The molecule has 6 heterocycles. The van der Waals surface area contributed by atoms with E-state index in [9.17, 15) is 0 Å². The Bertz CT molecular complexity index is 2260. The molecular weight excluding hydrogens is 665 g/mol. The van der Waals surface area contributed by atoms with Gasteiger partial charge in [-0.1, -0.05) is 84.9 Å². The van der Waals surface area contributed by atoms with Crippen molar-refractivity contribution < 1.29 is 9.47 Å². The summed E-state index contributed by atoms with van der Waals surface area (Å²) >= 11 is 7.46. The van der Waals surface area contributed by atoms with Gasteiger partial charge in [-0.05, 0) is 70.4 Å². The van der Waals surface area contributed by atoms with E-state index in [2.05, 4.69) is 144 Å². The van der Waals surface area contributed by atoms with E-state index in [-0.39, 0.29) is 0 Å². The number of para-hydroxylation sites is 4. The van der Waals surface area contributed by atoms with Crippen molar-refractivity contribution in [2.24, 2.45) is 0 Å². The van der Waals surface area contributed by atoms with Crippen molar-refractivity contribution in [2.75, 3.05) is 0 Å². The largest absolute Gasteiger partial charge is 0.457 e. The smallest absolute Gasteiger partial charge is 0.131 e. The molecule has 0 atom stereocenters. The van der Waals surface area contributed by atoms with E-state index < -0.39 is 10.8 Å². The Hall–Kier alpha value is -4.72. The minimum Gasteiger partial charge on any atom is -0.457 e. The van der Waals surface area contributed by atoms with Crippen LogP contribution in [0.4, 0.5) is 0 Å². The van der Waals surface area contributed by atoms with Gasteiger partial charge in [0.2, 0.25) is 0 Å². The third-order valence-corrected chi connectivity index (χ3v) is 14.7. The minimum atomic E-state index is -0.698. The summed E-state index contributed by atoms with van der Waals surface area (Å²) < 4.78 is 13.7. The van der Waals surface area contributed by atoms with Crippen LogP contribution in [-0.4, -0.2) is 0 Å². The van der Waals surface area contributed by atoms with Crippen molar-refractivity contribution in [3.8, 4) is 52.3 Å². The fourth-order valence-electron chi connectivity index (χ4n) is 8.54. The highest BCUT2D eigenvalue weighted by Gasteiger charge is 2.67. The Labute approximate surface area is 293 Å². The van der Waals surface area contributed by atoms with Gasteiger partial charge in [0.05, 0.1) is 10.8 Å². The third kappa shape index (κ3) is 3.31. The van der Waals surface area contributed by atoms with Crippen LogP contribution < -0.4 is 9.47 Å². The maximum absolute atomic E-state index is 6.84. The minimum absolute atomic E-state index is 0.698. The zero-order valence-corrected chi connectivity index (χ0v) is 28.6. The lowest BCUT2D eigenvalue weighted by molar-refractivity contribution is 0.320. The second-order valence-electron chi connectivity index (χ2n) is 12.4. The first-order chi connectivity index (χ1) is 23.8. The first kappa shape index (κ1) is 27.3. The molecule has 6 heteroatoms. The monoisotopic (exact) mass is 688 g/mol. The van der Waals surface area contributed by atoms with E-state index in [0.717, 1.165) is 23.0 Å². The van der Waals surface area contributed by atoms with Gasteiger partial charge < -0.3 is 9.47 Å². The molecule has 48 heavy (non-hydrogen) atoms. The normalized spacial score (nSPS) is 15.3. The number of thiophene rings is 4. The molecule has 0 saturated carbocycles. The molecule has 0 unspecified atom stereocenters. The van der Waals surface area contributed by atoms with E-state index in [0.29, 0.717) is 0 Å². The summed E-state index contributed by atoms with van der Waals surface area (Å²) in [6, 6.07) is 48.7. The summed E-state index contributed by atoms with van der Waals surface area (Å²) in [6.45, 7) is 0. The molecule has 1 aliphatic carbocycles. The molecular formula is C42H24O2S4. The molecule has 4 aromatic carbocycles. The van der Waals surface area contributed by atoms with Crippen LogP contribution in [0.1, 0.15) is 33.4 Å². The topological polar surface area (TPSA) is 18.5 Å². The molecule has 8 aromatic rings. The number of ether oxygens (including phenoxy) is 2. The summed E-state index contributed by atoms with van der Waals surface area (Å²) in [5.41, 5.74) is 5.91. The number of rotatable bonds is 2. The molecule has 0 saturated heterocycles. The zero-order chi connectivity index (χ0) is 31.5. The lowest BCUT2D eigenvalue weighted by atomic mass is 9.44. The summed E-state index contributed by atoms with van der Waals surface area (Å²) in [7, 11) is 0. The first-order valence-corrected chi connectivity index (χ1v) is 19.3. The van der Waals surface area contributed by atoms with Crippen LogP contribution in [0.2, 0.25) is 0 Å². The van der Waals surface area contributed by atoms with Crippen molar-refractivity contribution in [1.82, 2.24) is 0 Å². The van der Waals surface area contributed by atoms with Crippen LogP contribution >= 0.6 is 45.3 Å². The fourth-order valence-corrected chi connectivity index (χ4v) is 12.8. The summed E-state index contributed by atoms with van der Waals surface area (Å²) in [5.74, 6) is 3.57. The molecule has 0 fully saturated rings. The summed E-state index contributed by atoms with van der Waals surface area (Å²) in [4.78, 5) is 7.82. The Morgan fingerprint density at radius 3 is 1.04 bits per heavy atom. The van der Waals surface area contributed by atoms with Crippen LogP contribution in [-0.2, 0) is 10.8 Å². The third-order valence-electron chi connectivity index (χ3n) is 10.2. The Morgan fingerprint density at radius 1 is 0.354 bits per heavy atom. The maximum Gasteiger partial charge on any atom is 0.131 e. The van der Waals surface area contributed by atoms with Crippen molar-refractivity contribution >= 4 is 45.3 Å². The van der Waals surface area contributed by atoms with Crippen molar-refractivity contribution in [1.29, 1.82) is 0 Å². The number of hydrogen-bond donors (Lipinski definition) is 0. The second-order valence-corrected chi connectivity index (χ2v) is 16.4. The van der Waals surface area contributed by atoms with Gasteiger partial charge in [0.1, 0.15) is 23.0 Å². The fraction of sp³-hybridized carbons (Fsp3) is 0.0476. The molecule has 0 bridgehead atoms. The van der Waals surface area contributed by atoms with Crippen LogP contribution in [0.5, 0.6) is 23.0 Å². The number of benzene rings is 4. The van der Waals surface area contributed by atoms with Crippen LogP contribution in [0.25, 0.3) is 29.3 Å². The van der Waals surface area contributed by atoms with Gasteiger partial charge in [0.25, 0.3) is 0 Å². The predicted molar refractivity (Wildman–Crippen MR) is 200 cm³/mol. The van der Waals surface area contributed by atoms with Gasteiger partial charge in [0.15, 0.2) is 0 Å². The summed E-state index contributed by atoms with van der Waals surface area (Å²) in [6.07, 6.45) is 0. The van der Waals surface area contributed by atoms with E-state index in [1.807, 2.05) is 22.7 Å². The standard InChI is InChI=1S/C42H24O2S4/c1-5-15-31-25(11-1)41(26-12-2-6-16-32(26)43-31)29-23-37(35-19-9-21-45-35)47-39(29)40-30(24-38(48-40)36-20-10-22-46-36)42(41)27-13-3-7-17-33(27)44-34-18-8-4-14-28(34)42/h1-24H. The molecule has 4 aromatic heterocycles. The highest BCUT2D eigenvalue weighted by molar-refractivity contribution is 7.28. The van der Waals surface area contributed by atoms with Crippen molar-refractivity contribution in [3.63, 3.8) is 0 Å². The average Bonchev–Trinajstić information content (AvgIpc) is 3.96. The zero-order valence-electron chi connectivity index (χ0n) is 25.3. The molecule has 3 aliphatic rings. The van der Waals surface area contributed by atoms with Gasteiger partial charge in [-0.15, -0.1) is 45.3 Å². The lowest BCUT2D eigenvalue weighted by Gasteiger charge is -2.58. The molecule has 11 rings (SSSR count).